The highest BCUT2D eigenvalue weighted by atomic mass is 32.1. The number of aliphatic imine (C=N–C) groups is 1. The zero-order chi connectivity index (χ0) is 18.5. The van der Waals surface area contributed by atoms with Crippen LogP contribution in [0, 0.1) is 0 Å². The SMILES string of the molecule is CCNC(=NCc1ccn(C2CCCC2)n1)N1CCN(c2cccs2)CC1. The number of aromatic nitrogens is 2. The van der Waals surface area contributed by atoms with Crippen LogP contribution in [-0.4, -0.2) is 53.4 Å². The molecule has 0 amide bonds. The first kappa shape index (κ1) is 18.3. The van der Waals surface area contributed by atoms with Gasteiger partial charge in [-0.05, 0) is 43.3 Å². The summed E-state index contributed by atoms with van der Waals surface area (Å²) in [6.07, 6.45) is 7.33. The molecule has 146 valence electrons. The van der Waals surface area contributed by atoms with E-state index in [-0.39, 0.29) is 0 Å². The zero-order valence-corrected chi connectivity index (χ0v) is 17.0. The molecule has 0 radical (unpaired) electrons. The standard InChI is InChI=1S/C20H30N6S/c1-2-21-20(25-13-11-24(12-14-25)19-8-5-15-27-19)22-16-17-9-10-26(23-17)18-6-3-4-7-18/h5,8-10,15,18H,2-4,6-7,11-14,16H2,1H3,(H,21,22). The monoisotopic (exact) mass is 386 g/mol. The minimum atomic E-state index is 0.598. The third-order valence-corrected chi connectivity index (χ3v) is 6.41. The van der Waals surface area contributed by atoms with Crippen molar-refractivity contribution in [3.63, 3.8) is 0 Å². The van der Waals surface area contributed by atoms with Crippen LogP contribution in [0.2, 0.25) is 0 Å². The fourth-order valence-electron chi connectivity index (χ4n) is 4.00. The normalized spacial score (nSPS) is 19.1. The zero-order valence-electron chi connectivity index (χ0n) is 16.2. The topological polar surface area (TPSA) is 48.7 Å². The van der Waals surface area contributed by atoms with Gasteiger partial charge in [0, 0.05) is 38.9 Å². The minimum Gasteiger partial charge on any atom is -0.360 e. The van der Waals surface area contributed by atoms with E-state index >= 15 is 0 Å². The predicted octanol–water partition coefficient (Wildman–Crippen LogP) is 3.35. The molecule has 1 aliphatic heterocycles. The van der Waals surface area contributed by atoms with Gasteiger partial charge < -0.3 is 15.1 Å². The summed E-state index contributed by atoms with van der Waals surface area (Å²) >= 11 is 1.82. The molecule has 1 saturated heterocycles. The van der Waals surface area contributed by atoms with Gasteiger partial charge in [0.05, 0.1) is 23.3 Å². The van der Waals surface area contributed by atoms with Crippen LogP contribution in [0.4, 0.5) is 5.00 Å². The molecular weight excluding hydrogens is 356 g/mol. The van der Waals surface area contributed by atoms with E-state index in [1.807, 2.05) is 11.3 Å². The lowest BCUT2D eigenvalue weighted by Gasteiger charge is -2.37. The number of nitrogens with one attached hydrogen (secondary N) is 1. The number of nitrogens with zero attached hydrogens (tertiary/aromatic N) is 5. The van der Waals surface area contributed by atoms with E-state index in [0.29, 0.717) is 12.6 Å². The van der Waals surface area contributed by atoms with Gasteiger partial charge in [0.15, 0.2) is 5.96 Å². The summed E-state index contributed by atoms with van der Waals surface area (Å²) in [6, 6.07) is 7.06. The highest BCUT2D eigenvalue weighted by Crippen LogP contribution is 2.28. The van der Waals surface area contributed by atoms with E-state index in [0.717, 1.165) is 44.4 Å². The maximum absolute atomic E-state index is 4.87. The molecule has 0 bridgehead atoms. The summed E-state index contributed by atoms with van der Waals surface area (Å²) in [5.41, 5.74) is 1.06. The quantitative estimate of drug-likeness (QED) is 0.632. The molecule has 0 unspecified atom stereocenters. The van der Waals surface area contributed by atoms with E-state index in [1.54, 1.807) is 0 Å². The Balaban J connectivity index is 1.36. The number of thiophene rings is 1. The van der Waals surface area contributed by atoms with Crippen molar-refractivity contribution in [2.75, 3.05) is 37.6 Å². The molecule has 1 N–H and O–H groups in total. The molecule has 27 heavy (non-hydrogen) atoms. The molecule has 1 saturated carbocycles. The Morgan fingerprint density at radius 3 is 2.74 bits per heavy atom. The molecule has 2 aromatic heterocycles. The van der Waals surface area contributed by atoms with Gasteiger partial charge in [-0.25, -0.2) is 4.99 Å². The maximum Gasteiger partial charge on any atom is 0.194 e. The molecule has 0 atom stereocenters. The maximum atomic E-state index is 4.87. The van der Waals surface area contributed by atoms with Crippen molar-refractivity contribution in [1.82, 2.24) is 20.0 Å². The van der Waals surface area contributed by atoms with Crippen molar-refractivity contribution < 1.29 is 0 Å². The Kier molecular flexibility index (Phi) is 5.97. The van der Waals surface area contributed by atoms with Crippen LogP contribution in [-0.2, 0) is 6.54 Å². The summed E-state index contributed by atoms with van der Waals surface area (Å²) in [5, 5.41) is 11.8. The van der Waals surface area contributed by atoms with Gasteiger partial charge in [-0.1, -0.05) is 12.8 Å². The summed E-state index contributed by atoms with van der Waals surface area (Å²) in [4.78, 5) is 9.72. The van der Waals surface area contributed by atoms with E-state index in [4.69, 9.17) is 10.1 Å². The number of rotatable bonds is 5. The molecule has 2 fully saturated rings. The van der Waals surface area contributed by atoms with Crippen LogP contribution in [0.3, 0.4) is 0 Å². The Bertz CT molecular complexity index is 724. The Morgan fingerprint density at radius 2 is 2.04 bits per heavy atom. The first-order valence-electron chi connectivity index (χ1n) is 10.2. The fourth-order valence-corrected chi connectivity index (χ4v) is 4.79. The van der Waals surface area contributed by atoms with E-state index in [1.165, 1.54) is 30.7 Å². The second-order valence-corrected chi connectivity index (χ2v) is 8.25. The first-order chi connectivity index (χ1) is 13.3. The molecule has 3 heterocycles. The van der Waals surface area contributed by atoms with Crippen molar-refractivity contribution in [2.24, 2.45) is 4.99 Å². The van der Waals surface area contributed by atoms with E-state index in [2.05, 4.69) is 56.5 Å². The van der Waals surface area contributed by atoms with Gasteiger partial charge in [0.25, 0.3) is 0 Å². The second-order valence-electron chi connectivity index (χ2n) is 7.32. The molecule has 0 aromatic carbocycles. The predicted molar refractivity (Wildman–Crippen MR) is 113 cm³/mol. The van der Waals surface area contributed by atoms with Gasteiger partial charge >= 0.3 is 0 Å². The van der Waals surface area contributed by atoms with Crippen molar-refractivity contribution in [3.8, 4) is 0 Å². The Labute approximate surface area is 165 Å². The van der Waals surface area contributed by atoms with Crippen LogP contribution in [0.5, 0.6) is 0 Å². The summed E-state index contributed by atoms with van der Waals surface area (Å²) < 4.78 is 2.16. The summed E-state index contributed by atoms with van der Waals surface area (Å²) in [5.74, 6) is 1.01. The number of guanidine groups is 1. The number of anilines is 1. The van der Waals surface area contributed by atoms with Crippen molar-refractivity contribution in [2.45, 2.75) is 45.2 Å². The number of hydrogen-bond acceptors (Lipinski definition) is 4. The molecule has 7 heteroatoms. The Hall–Kier alpha value is -2.02. The number of piperazine rings is 1. The van der Waals surface area contributed by atoms with Crippen molar-refractivity contribution in [1.29, 1.82) is 0 Å². The average molecular weight is 387 g/mol. The van der Waals surface area contributed by atoms with Crippen LogP contribution in [0.1, 0.15) is 44.3 Å². The summed E-state index contributed by atoms with van der Waals surface area (Å²) in [6.45, 7) is 7.75. The molecular formula is C20H30N6S. The van der Waals surface area contributed by atoms with Crippen molar-refractivity contribution in [3.05, 3.63) is 35.5 Å². The molecule has 1 aliphatic carbocycles. The first-order valence-corrected chi connectivity index (χ1v) is 11.1. The van der Waals surface area contributed by atoms with Gasteiger partial charge in [-0.3, -0.25) is 4.68 Å². The minimum absolute atomic E-state index is 0.598. The van der Waals surface area contributed by atoms with Crippen LogP contribution in [0.25, 0.3) is 0 Å². The third-order valence-electron chi connectivity index (χ3n) is 5.49. The van der Waals surface area contributed by atoms with Crippen LogP contribution >= 0.6 is 11.3 Å². The van der Waals surface area contributed by atoms with Gasteiger partial charge in [-0.15, -0.1) is 11.3 Å². The average Bonchev–Trinajstić information content (AvgIpc) is 3.47. The molecule has 2 aliphatic rings. The Morgan fingerprint density at radius 1 is 1.22 bits per heavy atom. The number of hydrogen-bond donors (Lipinski definition) is 1. The second kappa shape index (κ2) is 8.78. The lowest BCUT2D eigenvalue weighted by atomic mass is 10.3. The largest absolute Gasteiger partial charge is 0.360 e. The van der Waals surface area contributed by atoms with Crippen LogP contribution in [0.15, 0.2) is 34.8 Å². The van der Waals surface area contributed by atoms with Crippen LogP contribution < -0.4 is 10.2 Å². The lowest BCUT2D eigenvalue weighted by Crippen LogP contribution is -2.52. The summed E-state index contributed by atoms with van der Waals surface area (Å²) in [7, 11) is 0. The van der Waals surface area contributed by atoms with E-state index in [9.17, 15) is 0 Å². The smallest absolute Gasteiger partial charge is 0.194 e. The van der Waals surface area contributed by atoms with E-state index < -0.39 is 0 Å². The molecule has 6 nitrogen and oxygen atoms in total. The molecule has 0 spiro atoms. The molecule has 4 rings (SSSR count). The fraction of sp³-hybridized carbons (Fsp3) is 0.600. The van der Waals surface area contributed by atoms with Gasteiger partial charge in [-0.2, -0.15) is 5.10 Å². The van der Waals surface area contributed by atoms with Gasteiger partial charge in [0.2, 0.25) is 0 Å². The van der Waals surface area contributed by atoms with Gasteiger partial charge in [0.1, 0.15) is 0 Å². The highest BCUT2D eigenvalue weighted by molar-refractivity contribution is 7.14. The molecule has 2 aromatic rings. The highest BCUT2D eigenvalue weighted by Gasteiger charge is 2.21. The van der Waals surface area contributed by atoms with Crippen molar-refractivity contribution >= 4 is 22.3 Å². The lowest BCUT2D eigenvalue weighted by molar-refractivity contribution is 0.373. The third kappa shape index (κ3) is 4.46.